The average molecular weight is 376 g/mol. The lowest BCUT2D eigenvalue weighted by Crippen LogP contribution is -2.64. The molecule has 4 aliphatic rings. The van der Waals surface area contributed by atoms with Gasteiger partial charge in [-0.2, -0.15) is 0 Å². The molecule has 4 rings (SSSR count). The van der Waals surface area contributed by atoms with E-state index in [1.54, 1.807) is 0 Å². The number of ether oxygens (including phenoxy) is 1. The normalized spacial score (nSPS) is 51.0. The minimum atomic E-state index is -0.562. The lowest BCUT2D eigenvalue weighted by Gasteiger charge is -2.66. The van der Waals surface area contributed by atoms with Crippen molar-refractivity contribution in [3.05, 3.63) is 11.6 Å². The molecule has 0 aromatic rings. The predicted octanol–water partition coefficient (Wildman–Crippen LogP) is 2.64. The number of rotatable bonds is 3. The van der Waals surface area contributed by atoms with Gasteiger partial charge in [0.2, 0.25) is 0 Å². The summed E-state index contributed by atoms with van der Waals surface area (Å²) in [5, 5.41) is 22.1. The summed E-state index contributed by atoms with van der Waals surface area (Å²) in [5.41, 5.74) is -0.0482. The zero-order valence-corrected chi connectivity index (χ0v) is 16.6. The quantitative estimate of drug-likeness (QED) is 0.584. The molecule has 5 nitrogen and oxygen atoms in total. The van der Waals surface area contributed by atoms with Crippen LogP contribution in [0.4, 0.5) is 0 Å². The van der Waals surface area contributed by atoms with Crippen LogP contribution in [0.5, 0.6) is 0 Å². The highest BCUT2D eigenvalue weighted by Crippen LogP contribution is 2.70. The van der Waals surface area contributed by atoms with Crippen molar-refractivity contribution in [1.29, 1.82) is 0 Å². The van der Waals surface area contributed by atoms with E-state index >= 15 is 0 Å². The van der Waals surface area contributed by atoms with Crippen LogP contribution in [0, 0.1) is 34.0 Å². The Balaban J connectivity index is 1.74. The molecule has 0 radical (unpaired) electrons. The third-order valence-electron chi connectivity index (χ3n) is 8.87. The molecule has 0 heterocycles. The number of carbonyl (C=O) groups is 2. The Morgan fingerprint density at radius 2 is 1.96 bits per heavy atom. The number of hydrogen-bond acceptors (Lipinski definition) is 5. The first-order valence-electron chi connectivity index (χ1n) is 10.3. The van der Waals surface area contributed by atoms with Crippen molar-refractivity contribution in [2.45, 2.75) is 71.5 Å². The molecule has 2 unspecified atom stereocenters. The Morgan fingerprint density at radius 3 is 2.63 bits per heavy atom. The zero-order chi connectivity index (χ0) is 19.6. The van der Waals surface area contributed by atoms with E-state index in [2.05, 4.69) is 13.0 Å². The van der Waals surface area contributed by atoms with E-state index in [1.165, 1.54) is 6.92 Å². The Hall–Kier alpha value is -1.20. The fraction of sp³-hybridized carbons (Fsp3) is 0.818. The average Bonchev–Trinajstić information content (AvgIpc) is 2.91. The first kappa shape index (κ1) is 19.1. The minimum Gasteiger partial charge on any atom is -0.465 e. The maximum atomic E-state index is 11.6. The smallest absolute Gasteiger partial charge is 0.302 e. The summed E-state index contributed by atoms with van der Waals surface area (Å²) in [6, 6.07) is 0. The number of hydrogen-bond donors (Lipinski definition) is 2. The molecule has 0 aromatic heterocycles. The summed E-state index contributed by atoms with van der Waals surface area (Å²) in [6.45, 7) is 5.91. The highest BCUT2D eigenvalue weighted by Gasteiger charge is 2.67. The van der Waals surface area contributed by atoms with Crippen LogP contribution in [0.15, 0.2) is 11.6 Å². The van der Waals surface area contributed by atoms with Gasteiger partial charge in [-0.1, -0.05) is 19.9 Å². The van der Waals surface area contributed by atoms with E-state index in [0.717, 1.165) is 37.5 Å². The Bertz CT molecular complexity index is 686. The van der Waals surface area contributed by atoms with Gasteiger partial charge in [0.05, 0.1) is 18.8 Å². The van der Waals surface area contributed by atoms with Gasteiger partial charge < -0.3 is 14.9 Å². The van der Waals surface area contributed by atoms with E-state index in [4.69, 9.17) is 4.74 Å². The summed E-state index contributed by atoms with van der Waals surface area (Å²) in [7, 11) is 0. The largest absolute Gasteiger partial charge is 0.465 e. The van der Waals surface area contributed by atoms with Crippen LogP contribution in [-0.4, -0.2) is 41.3 Å². The Labute approximate surface area is 161 Å². The topological polar surface area (TPSA) is 83.8 Å². The van der Waals surface area contributed by atoms with Gasteiger partial charge in [0.1, 0.15) is 6.29 Å². The molecule has 0 saturated heterocycles. The van der Waals surface area contributed by atoms with E-state index < -0.39 is 17.6 Å². The molecule has 0 aromatic carbocycles. The fourth-order valence-corrected chi connectivity index (χ4v) is 7.51. The molecule has 2 N–H and O–H groups in total. The minimum absolute atomic E-state index is 0.0484. The molecule has 0 aliphatic heterocycles. The van der Waals surface area contributed by atoms with Crippen molar-refractivity contribution in [3.8, 4) is 0 Å². The van der Waals surface area contributed by atoms with Crippen LogP contribution < -0.4 is 0 Å². The van der Waals surface area contributed by atoms with Crippen LogP contribution in [-0.2, 0) is 14.3 Å². The van der Waals surface area contributed by atoms with E-state index in [1.807, 2.05) is 6.92 Å². The Kier molecular flexibility index (Phi) is 4.36. The summed E-state index contributed by atoms with van der Waals surface area (Å²) < 4.78 is 5.38. The summed E-state index contributed by atoms with van der Waals surface area (Å²) >= 11 is 0. The van der Waals surface area contributed by atoms with Gasteiger partial charge in [-0.25, -0.2) is 0 Å². The molecule has 5 heteroatoms. The fourth-order valence-electron chi connectivity index (χ4n) is 7.51. The molecule has 1 spiro atoms. The molecular weight excluding hydrogens is 344 g/mol. The third-order valence-corrected chi connectivity index (χ3v) is 8.87. The number of esters is 1. The molecule has 0 amide bonds. The number of fused-ring (bicyclic) bond motifs is 3. The molecule has 3 saturated carbocycles. The number of aliphatic hydroxyl groups excluding tert-OH is 2. The van der Waals surface area contributed by atoms with E-state index in [9.17, 15) is 19.8 Å². The summed E-state index contributed by atoms with van der Waals surface area (Å²) in [6.07, 6.45) is 7.05. The zero-order valence-electron chi connectivity index (χ0n) is 16.6. The molecule has 8 atom stereocenters. The maximum Gasteiger partial charge on any atom is 0.302 e. The van der Waals surface area contributed by atoms with Crippen molar-refractivity contribution in [1.82, 2.24) is 0 Å². The molecule has 2 bridgehead atoms. The van der Waals surface area contributed by atoms with Crippen LogP contribution in [0.1, 0.15) is 59.3 Å². The van der Waals surface area contributed by atoms with Crippen molar-refractivity contribution in [2.24, 2.45) is 34.0 Å². The first-order valence-corrected chi connectivity index (χ1v) is 10.3. The van der Waals surface area contributed by atoms with Crippen molar-refractivity contribution in [3.63, 3.8) is 0 Å². The summed E-state index contributed by atoms with van der Waals surface area (Å²) in [5.74, 6) is 0.314. The number of aliphatic hydroxyl groups is 2. The highest BCUT2D eigenvalue weighted by atomic mass is 16.5. The SMILES string of the molecule is CC(=O)OC[C@]1(C)C2C[C@H](O)[C@]34C=C(C=O)[C@H](CCC3[C@]2(C)CC[C@H]1O)C4. The maximum absolute atomic E-state index is 11.6. The van der Waals surface area contributed by atoms with Gasteiger partial charge in [-0.05, 0) is 67.3 Å². The molecule has 27 heavy (non-hydrogen) atoms. The van der Waals surface area contributed by atoms with Crippen molar-refractivity contribution >= 4 is 12.3 Å². The second-order valence-electron chi connectivity index (χ2n) is 10.1. The van der Waals surface area contributed by atoms with Gasteiger partial charge in [-0.3, -0.25) is 9.59 Å². The monoisotopic (exact) mass is 376 g/mol. The highest BCUT2D eigenvalue weighted by molar-refractivity contribution is 5.75. The standard InChI is InChI=1S/C22H32O5/c1-13(24)27-12-21(3)17-8-19(26)22-9-14(15(10-22)11-23)4-5-16(22)20(17,2)7-6-18(21)25/h10-11,14,16-19,25-26H,4-9,12H2,1-3H3/t14-,16?,17?,18-,19+,20+,21-,22-/m1/s1. The summed E-state index contributed by atoms with van der Waals surface area (Å²) in [4.78, 5) is 23.0. The molecule has 3 fully saturated rings. The number of allylic oxidation sites excluding steroid dienone is 1. The van der Waals surface area contributed by atoms with Gasteiger partial charge in [0.25, 0.3) is 0 Å². The van der Waals surface area contributed by atoms with Gasteiger partial charge in [0, 0.05) is 17.8 Å². The molecule has 150 valence electrons. The van der Waals surface area contributed by atoms with E-state index in [0.29, 0.717) is 12.8 Å². The van der Waals surface area contributed by atoms with Crippen molar-refractivity contribution < 1.29 is 24.5 Å². The van der Waals surface area contributed by atoms with Gasteiger partial charge in [-0.15, -0.1) is 0 Å². The molecule has 4 aliphatic carbocycles. The molecular formula is C22H32O5. The van der Waals surface area contributed by atoms with Crippen LogP contribution in [0.25, 0.3) is 0 Å². The lowest BCUT2D eigenvalue weighted by atomic mass is 9.40. The Morgan fingerprint density at radius 1 is 1.22 bits per heavy atom. The van der Waals surface area contributed by atoms with Crippen LogP contribution in [0.2, 0.25) is 0 Å². The van der Waals surface area contributed by atoms with Crippen LogP contribution >= 0.6 is 0 Å². The number of carbonyl (C=O) groups excluding carboxylic acids is 2. The predicted molar refractivity (Wildman–Crippen MR) is 99.6 cm³/mol. The third kappa shape index (κ3) is 2.50. The second-order valence-corrected chi connectivity index (χ2v) is 10.1. The number of aldehydes is 1. The van der Waals surface area contributed by atoms with Gasteiger partial charge in [0.15, 0.2) is 0 Å². The van der Waals surface area contributed by atoms with Gasteiger partial charge >= 0.3 is 5.97 Å². The first-order chi connectivity index (χ1) is 12.7. The lowest BCUT2D eigenvalue weighted by molar-refractivity contribution is -0.224. The van der Waals surface area contributed by atoms with Crippen molar-refractivity contribution in [2.75, 3.05) is 6.61 Å². The van der Waals surface area contributed by atoms with E-state index in [-0.39, 0.29) is 41.2 Å². The second kappa shape index (κ2) is 6.15. The van der Waals surface area contributed by atoms with Crippen LogP contribution in [0.3, 0.4) is 0 Å².